The molecule has 0 aliphatic rings. The average Bonchev–Trinajstić information content (AvgIpc) is 2.87. The molecule has 102 valence electrons. The van der Waals surface area contributed by atoms with Crippen molar-refractivity contribution >= 4 is 0 Å². The average molecular weight is 260 g/mol. The molecule has 0 saturated carbocycles. The van der Waals surface area contributed by atoms with E-state index < -0.39 is 0 Å². The van der Waals surface area contributed by atoms with Crippen LogP contribution in [-0.2, 0) is 19.4 Å². The monoisotopic (exact) mass is 260 g/mol. The van der Waals surface area contributed by atoms with E-state index in [-0.39, 0.29) is 6.04 Å². The Bertz CT molecular complexity index is 507. The minimum atomic E-state index is -0.0327. The summed E-state index contributed by atoms with van der Waals surface area (Å²) < 4.78 is 2.02. The lowest BCUT2D eigenvalue weighted by Gasteiger charge is -2.15. The van der Waals surface area contributed by atoms with Crippen LogP contribution in [0.5, 0.6) is 0 Å². The summed E-state index contributed by atoms with van der Waals surface area (Å²) in [6.45, 7) is 5.05. The maximum atomic E-state index is 5.64. The van der Waals surface area contributed by atoms with Crippen molar-refractivity contribution in [2.75, 3.05) is 0 Å². The molecule has 0 aliphatic heterocycles. The Hall–Kier alpha value is -1.79. The highest BCUT2D eigenvalue weighted by molar-refractivity contribution is 5.15. The molecule has 6 heteroatoms. The van der Waals surface area contributed by atoms with E-state index in [1.807, 2.05) is 10.7 Å². The van der Waals surface area contributed by atoms with Gasteiger partial charge in [0.05, 0.1) is 17.4 Å². The van der Waals surface area contributed by atoms with Gasteiger partial charge in [-0.05, 0) is 25.5 Å². The Balaban J connectivity index is 2.21. The van der Waals surface area contributed by atoms with Gasteiger partial charge in [0.15, 0.2) is 0 Å². The van der Waals surface area contributed by atoms with Gasteiger partial charge < -0.3 is 0 Å². The third-order valence-corrected chi connectivity index (χ3v) is 3.15. The van der Waals surface area contributed by atoms with E-state index in [9.17, 15) is 0 Å². The number of hydrogen-bond acceptors (Lipinski definition) is 5. The van der Waals surface area contributed by atoms with Crippen molar-refractivity contribution in [1.82, 2.24) is 25.2 Å². The molecule has 6 nitrogen and oxygen atoms in total. The van der Waals surface area contributed by atoms with Crippen molar-refractivity contribution in [2.45, 2.75) is 39.3 Å². The number of rotatable bonds is 6. The Morgan fingerprint density at radius 1 is 1.42 bits per heavy atom. The number of aromatic nitrogens is 4. The van der Waals surface area contributed by atoms with Gasteiger partial charge in [-0.1, -0.05) is 6.92 Å². The van der Waals surface area contributed by atoms with Crippen LogP contribution in [0.2, 0.25) is 0 Å². The molecule has 0 saturated heterocycles. The highest BCUT2D eigenvalue weighted by Gasteiger charge is 2.15. The number of nitrogens with two attached hydrogens (primary N) is 1. The lowest BCUT2D eigenvalue weighted by molar-refractivity contribution is 0.506. The summed E-state index contributed by atoms with van der Waals surface area (Å²) in [5.74, 6) is 5.64. The highest BCUT2D eigenvalue weighted by Crippen LogP contribution is 2.16. The van der Waals surface area contributed by atoms with Gasteiger partial charge >= 0.3 is 0 Å². The fraction of sp³-hybridized carbons (Fsp3) is 0.462. The number of nitrogens with one attached hydrogen (secondary N) is 1. The van der Waals surface area contributed by atoms with Crippen molar-refractivity contribution in [3.8, 4) is 0 Å². The molecule has 0 fully saturated rings. The maximum Gasteiger partial charge on any atom is 0.115 e. The van der Waals surface area contributed by atoms with E-state index in [1.165, 1.54) is 12.0 Å². The Labute approximate surface area is 113 Å². The van der Waals surface area contributed by atoms with Crippen molar-refractivity contribution in [2.24, 2.45) is 5.84 Å². The van der Waals surface area contributed by atoms with Crippen LogP contribution in [0.4, 0.5) is 0 Å². The summed E-state index contributed by atoms with van der Waals surface area (Å²) in [7, 11) is 0. The van der Waals surface area contributed by atoms with E-state index in [0.29, 0.717) is 0 Å². The van der Waals surface area contributed by atoms with Gasteiger partial charge in [0.25, 0.3) is 0 Å². The molecular weight excluding hydrogens is 240 g/mol. The fourth-order valence-electron chi connectivity index (χ4n) is 2.09. The first kappa shape index (κ1) is 13.6. The minimum absolute atomic E-state index is 0.0327. The quantitative estimate of drug-likeness (QED) is 0.598. The van der Waals surface area contributed by atoms with Gasteiger partial charge in [-0.15, -0.1) is 0 Å². The van der Waals surface area contributed by atoms with Gasteiger partial charge in [0.2, 0.25) is 0 Å². The normalized spacial score (nSPS) is 12.6. The molecule has 0 spiro atoms. The molecule has 0 bridgehead atoms. The molecular formula is C13H20N6. The molecule has 0 amide bonds. The molecule has 0 radical (unpaired) electrons. The first-order chi connectivity index (χ1) is 9.28. The van der Waals surface area contributed by atoms with Crippen LogP contribution in [0.25, 0.3) is 0 Å². The summed E-state index contributed by atoms with van der Waals surface area (Å²) in [6, 6.07) is 3.97. The number of hydrogen-bond donors (Lipinski definition) is 2. The topological polar surface area (TPSA) is 81.6 Å². The fourth-order valence-corrected chi connectivity index (χ4v) is 2.09. The second-order valence-electron chi connectivity index (χ2n) is 4.35. The van der Waals surface area contributed by atoms with Gasteiger partial charge in [-0.2, -0.15) is 5.10 Å². The summed E-state index contributed by atoms with van der Waals surface area (Å²) in [5, 5.41) is 4.54. The Morgan fingerprint density at radius 2 is 2.26 bits per heavy atom. The number of hydrazine groups is 1. The van der Waals surface area contributed by atoms with Crippen LogP contribution in [0.1, 0.15) is 37.0 Å². The van der Waals surface area contributed by atoms with Gasteiger partial charge in [-0.3, -0.25) is 16.0 Å². The molecule has 0 aromatic carbocycles. The highest BCUT2D eigenvalue weighted by atomic mass is 15.3. The van der Waals surface area contributed by atoms with E-state index in [0.717, 1.165) is 30.8 Å². The third-order valence-electron chi connectivity index (χ3n) is 3.15. The van der Waals surface area contributed by atoms with Crippen LogP contribution in [-0.4, -0.2) is 19.7 Å². The molecule has 2 rings (SSSR count). The second-order valence-corrected chi connectivity index (χ2v) is 4.35. The first-order valence-corrected chi connectivity index (χ1v) is 6.56. The summed E-state index contributed by atoms with van der Waals surface area (Å²) >= 11 is 0. The van der Waals surface area contributed by atoms with Crippen LogP contribution < -0.4 is 11.3 Å². The summed E-state index contributed by atoms with van der Waals surface area (Å²) in [5.41, 5.74) is 5.98. The third kappa shape index (κ3) is 3.15. The van der Waals surface area contributed by atoms with E-state index in [1.54, 1.807) is 6.20 Å². The van der Waals surface area contributed by atoms with E-state index in [4.69, 9.17) is 5.84 Å². The largest absolute Gasteiger partial charge is 0.271 e. The predicted octanol–water partition coefficient (Wildman–Crippen LogP) is 1.00. The van der Waals surface area contributed by atoms with Crippen LogP contribution in [0, 0.1) is 0 Å². The van der Waals surface area contributed by atoms with Gasteiger partial charge in [-0.25, -0.2) is 9.97 Å². The number of aryl methyl sites for hydroxylation is 2. The maximum absolute atomic E-state index is 5.64. The van der Waals surface area contributed by atoms with E-state index >= 15 is 0 Å². The molecule has 2 aromatic heterocycles. The molecule has 2 aromatic rings. The van der Waals surface area contributed by atoms with Crippen LogP contribution in [0.3, 0.4) is 0 Å². The van der Waals surface area contributed by atoms with Crippen LogP contribution >= 0.6 is 0 Å². The summed E-state index contributed by atoms with van der Waals surface area (Å²) in [6.07, 6.45) is 4.96. The first-order valence-electron chi connectivity index (χ1n) is 6.56. The number of nitrogens with zero attached hydrogens (tertiary/aromatic N) is 4. The van der Waals surface area contributed by atoms with Crippen molar-refractivity contribution in [1.29, 1.82) is 0 Å². The van der Waals surface area contributed by atoms with Crippen molar-refractivity contribution in [3.63, 3.8) is 0 Å². The van der Waals surface area contributed by atoms with Crippen molar-refractivity contribution in [3.05, 3.63) is 41.7 Å². The molecule has 0 aliphatic carbocycles. The van der Waals surface area contributed by atoms with E-state index in [2.05, 4.69) is 40.4 Å². The smallest absolute Gasteiger partial charge is 0.115 e. The molecule has 3 N–H and O–H groups in total. The van der Waals surface area contributed by atoms with Crippen LogP contribution in [0.15, 0.2) is 24.7 Å². The molecule has 2 heterocycles. The molecule has 1 unspecified atom stereocenters. The van der Waals surface area contributed by atoms with Crippen molar-refractivity contribution < 1.29 is 0 Å². The Morgan fingerprint density at radius 3 is 2.84 bits per heavy atom. The van der Waals surface area contributed by atoms with Gasteiger partial charge in [0.1, 0.15) is 6.33 Å². The zero-order chi connectivity index (χ0) is 13.7. The lowest BCUT2D eigenvalue weighted by Crippen LogP contribution is -2.30. The zero-order valence-corrected chi connectivity index (χ0v) is 11.4. The predicted molar refractivity (Wildman–Crippen MR) is 73.1 cm³/mol. The second kappa shape index (κ2) is 6.40. The summed E-state index contributed by atoms with van der Waals surface area (Å²) in [4.78, 5) is 8.17. The Kier molecular flexibility index (Phi) is 4.59. The minimum Gasteiger partial charge on any atom is -0.271 e. The standard InChI is InChI=1S/C13H20N6/c1-3-10-7-11(19(4-2)18-10)8-13(17-14)12-5-6-15-9-16-12/h5-7,9,13,17H,3-4,8,14H2,1-2H3. The van der Waals surface area contributed by atoms with Gasteiger partial charge in [0, 0.05) is 24.9 Å². The molecule has 19 heavy (non-hydrogen) atoms. The lowest BCUT2D eigenvalue weighted by atomic mass is 10.1. The zero-order valence-electron chi connectivity index (χ0n) is 11.4. The SMILES string of the molecule is CCc1cc(CC(NN)c2ccncn2)n(CC)n1. The molecule has 1 atom stereocenters.